The van der Waals surface area contributed by atoms with Crippen molar-refractivity contribution < 1.29 is 0 Å². The van der Waals surface area contributed by atoms with Crippen LogP contribution in [0.15, 0.2) is 29.4 Å². The number of thioether (sulfide) groups is 1. The molecule has 1 aromatic heterocycles. The highest BCUT2D eigenvalue weighted by molar-refractivity contribution is 7.99. The summed E-state index contributed by atoms with van der Waals surface area (Å²) >= 11 is 1.42. The number of aromatic nitrogens is 2. The van der Waals surface area contributed by atoms with Gasteiger partial charge in [-0.2, -0.15) is 5.26 Å². The zero-order chi connectivity index (χ0) is 9.10. The third kappa shape index (κ3) is 1.65. The fraction of sp³-hybridized carbons (Fsp3) is 0.111. The third-order valence-electron chi connectivity index (χ3n) is 1.64. The first-order valence-corrected chi connectivity index (χ1v) is 4.83. The van der Waals surface area contributed by atoms with Crippen LogP contribution in [-0.2, 0) is 0 Å². The lowest BCUT2D eigenvalue weighted by Gasteiger charge is -1.85. The lowest BCUT2D eigenvalue weighted by atomic mass is 10.3. The van der Waals surface area contributed by atoms with Crippen LogP contribution in [0.1, 0.15) is 0 Å². The molecule has 13 heavy (non-hydrogen) atoms. The van der Waals surface area contributed by atoms with Gasteiger partial charge in [-0.05, 0) is 12.1 Å². The molecule has 0 amide bonds. The van der Waals surface area contributed by atoms with Gasteiger partial charge in [0.15, 0.2) is 5.16 Å². The van der Waals surface area contributed by atoms with Gasteiger partial charge in [0.1, 0.15) is 0 Å². The maximum atomic E-state index is 8.39. The number of para-hydroxylation sites is 2. The van der Waals surface area contributed by atoms with E-state index in [4.69, 9.17) is 5.26 Å². The first-order valence-electron chi connectivity index (χ1n) is 3.84. The van der Waals surface area contributed by atoms with Crippen molar-refractivity contribution in [2.24, 2.45) is 0 Å². The molecular formula is C9H7N3S. The van der Waals surface area contributed by atoms with E-state index in [2.05, 4.69) is 16.0 Å². The monoisotopic (exact) mass is 189 g/mol. The van der Waals surface area contributed by atoms with Gasteiger partial charge in [-0.3, -0.25) is 0 Å². The van der Waals surface area contributed by atoms with Crippen LogP contribution >= 0.6 is 11.8 Å². The van der Waals surface area contributed by atoms with Gasteiger partial charge in [-0.25, -0.2) is 4.98 Å². The quantitative estimate of drug-likeness (QED) is 0.736. The van der Waals surface area contributed by atoms with E-state index in [0.29, 0.717) is 5.75 Å². The second kappa shape index (κ2) is 3.50. The molecular weight excluding hydrogens is 182 g/mol. The van der Waals surface area contributed by atoms with Crippen LogP contribution in [0.3, 0.4) is 0 Å². The average molecular weight is 189 g/mol. The fourth-order valence-corrected chi connectivity index (χ4v) is 1.64. The summed E-state index contributed by atoms with van der Waals surface area (Å²) in [5.74, 6) is 0.430. The number of hydrogen-bond acceptors (Lipinski definition) is 3. The molecule has 0 bridgehead atoms. The van der Waals surface area contributed by atoms with Crippen molar-refractivity contribution in [3.8, 4) is 6.07 Å². The van der Waals surface area contributed by atoms with E-state index in [-0.39, 0.29) is 0 Å². The van der Waals surface area contributed by atoms with Crippen molar-refractivity contribution in [1.29, 1.82) is 5.26 Å². The highest BCUT2D eigenvalue weighted by Gasteiger charge is 2.00. The Kier molecular flexibility index (Phi) is 2.19. The number of benzene rings is 1. The van der Waals surface area contributed by atoms with E-state index in [0.717, 1.165) is 16.2 Å². The zero-order valence-corrected chi connectivity index (χ0v) is 7.64. The molecule has 0 spiro atoms. The molecule has 0 saturated carbocycles. The maximum Gasteiger partial charge on any atom is 0.167 e. The Labute approximate surface area is 79.8 Å². The highest BCUT2D eigenvalue weighted by atomic mass is 32.2. The Balaban J connectivity index is 2.34. The summed E-state index contributed by atoms with van der Waals surface area (Å²) in [7, 11) is 0. The minimum absolute atomic E-state index is 0.430. The number of fused-ring (bicyclic) bond motifs is 1. The van der Waals surface area contributed by atoms with Crippen LogP contribution in [-0.4, -0.2) is 15.7 Å². The lowest BCUT2D eigenvalue weighted by molar-refractivity contribution is 1.08. The SMILES string of the molecule is N#CCSc1nc2ccccc2[nH]1. The van der Waals surface area contributed by atoms with Gasteiger partial charge in [0.2, 0.25) is 0 Å². The molecule has 0 fully saturated rings. The van der Waals surface area contributed by atoms with Crippen LogP contribution in [0.4, 0.5) is 0 Å². The van der Waals surface area contributed by atoms with Gasteiger partial charge >= 0.3 is 0 Å². The lowest BCUT2D eigenvalue weighted by Crippen LogP contribution is -1.75. The minimum Gasteiger partial charge on any atom is -0.333 e. The predicted octanol–water partition coefficient (Wildman–Crippen LogP) is 2.18. The Bertz CT molecular complexity index is 422. The Morgan fingerprint density at radius 3 is 3.08 bits per heavy atom. The van der Waals surface area contributed by atoms with Gasteiger partial charge in [0.25, 0.3) is 0 Å². The summed E-state index contributed by atoms with van der Waals surface area (Å²) in [6, 6.07) is 9.89. The number of H-pyrrole nitrogens is 1. The van der Waals surface area contributed by atoms with Crippen LogP contribution < -0.4 is 0 Å². The summed E-state index contributed by atoms with van der Waals surface area (Å²) < 4.78 is 0. The minimum atomic E-state index is 0.430. The Morgan fingerprint density at radius 1 is 1.46 bits per heavy atom. The summed E-state index contributed by atoms with van der Waals surface area (Å²) in [5, 5.41) is 9.20. The molecule has 1 heterocycles. The van der Waals surface area contributed by atoms with E-state index >= 15 is 0 Å². The van der Waals surface area contributed by atoms with Crippen molar-refractivity contribution in [3.63, 3.8) is 0 Å². The summed E-state index contributed by atoms with van der Waals surface area (Å²) in [6.45, 7) is 0. The average Bonchev–Trinajstić information content (AvgIpc) is 2.57. The van der Waals surface area contributed by atoms with Crippen molar-refractivity contribution in [1.82, 2.24) is 9.97 Å². The second-order valence-electron chi connectivity index (χ2n) is 2.51. The normalized spacial score (nSPS) is 10.1. The topological polar surface area (TPSA) is 52.5 Å². The van der Waals surface area contributed by atoms with Gasteiger partial charge in [-0.1, -0.05) is 23.9 Å². The number of nitrogens with zero attached hydrogens (tertiary/aromatic N) is 2. The van der Waals surface area contributed by atoms with Gasteiger partial charge < -0.3 is 4.98 Å². The molecule has 0 radical (unpaired) electrons. The largest absolute Gasteiger partial charge is 0.333 e. The van der Waals surface area contributed by atoms with Crippen LogP contribution in [0.5, 0.6) is 0 Å². The number of rotatable bonds is 2. The van der Waals surface area contributed by atoms with Crippen LogP contribution in [0.25, 0.3) is 11.0 Å². The molecule has 2 aromatic rings. The standard InChI is InChI=1S/C9H7N3S/c10-5-6-13-9-11-7-3-1-2-4-8(7)12-9/h1-4H,6H2,(H,11,12). The van der Waals surface area contributed by atoms with Crippen LogP contribution in [0.2, 0.25) is 0 Å². The summed E-state index contributed by atoms with van der Waals surface area (Å²) in [4.78, 5) is 7.44. The smallest absolute Gasteiger partial charge is 0.167 e. The van der Waals surface area contributed by atoms with E-state index in [1.807, 2.05) is 24.3 Å². The summed E-state index contributed by atoms with van der Waals surface area (Å²) in [6.07, 6.45) is 0. The number of nitrogens with one attached hydrogen (secondary N) is 1. The first kappa shape index (κ1) is 8.14. The van der Waals surface area contributed by atoms with Crippen molar-refractivity contribution in [2.75, 3.05) is 5.75 Å². The Morgan fingerprint density at radius 2 is 2.31 bits per heavy atom. The van der Waals surface area contributed by atoms with E-state index in [9.17, 15) is 0 Å². The molecule has 0 unspecified atom stereocenters. The van der Waals surface area contributed by atoms with Gasteiger partial charge in [-0.15, -0.1) is 0 Å². The summed E-state index contributed by atoms with van der Waals surface area (Å²) in [5.41, 5.74) is 1.96. The molecule has 64 valence electrons. The van der Waals surface area contributed by atoms with Crippen LogP contribution in [0, 0.1) is 11.3 Å². The fourth-order valence-electron chi connectivity index (χ4n) is 1.10. The Hall–Kier alpha value is -1.47. The van der Waals surface area contributed by atoms with E-state index in [1.54, 1.807) is 0 Å². The number of nitriles is 1. The number of hydrogen-bond donors (Lipinski definition) is 1. The zero-order valence-electron chi connectivity index (χ0n) is 6.82. The molecule has 0 aliphatic rings. The van der Waals surface area contributed by atoms with Crippen molar-refractivity contribution in [2.45, 2.75) is 5.16 Å². The molecule has 0 saturated heterocycles. The van der Waals surface area contributed by atoms with E-state index < -0.39 is 0 Å². The highest BCUT2D eigenvalue weighted by Crippen LogP contribution is 2.18. The molecule has 1 N–H and O–H groups in total. The molecule has 4 heteroatoms. The first-order chi connectivity index (χ1) is 6.40. The molecule has 0 aliphatic heterocycles. The van der Waals surface area contributed by atoms with Crippen molar-refractivity contribution in [3.05, 3.63) is 24.3 Å². The predicted molar refractivity (Wildman–Crippen MR) is 52.4 cm³/mol. The molecule has 0 atom stereocenters. The molecule has 0 aliphatic carbocycles. The maximum absolute atomic E-state index is 8.39. The number of aromatic amines is 1. The second-order valence-corrected chi connectivity index (χ2v) is 3.47. The van der Waals surface area contributed by atoms with Gasteiger partial charge in [0, 0.05) is 0 Å². The number of imidazole rings is 1. The van der Waals surface area contributed by atoms with Crippen molar-refractivity contribution >= 4 is 22.8 Å². The molecule has 3 nitrogen and oxygen atoms in total. The van der Waals surface area contributed by atoms with E-state index in [1.165, 1.54) is 11.8 Å². The molecule has 1 aromatic carbocycles. The molecule has 2 rings (SSSR count). The third-order valence-corrected chi connectivity index (χ3v) is 2.38. The van der Waals surface area contributed by atoms with Gasteiger partial charge in [0.05, 0.1) is 22.9 Å².